The van der Waals surface area contributed by atoms with E-state index in [4.69, 9.17) is 16.5 Å². The number of nitrogens with one attached hydrogen (secondary N) is 1. The van der Waals surface area contributed by atoms with Crippen LogP contribution in [-0.4, -0.2) is 44.5 Å². The summed E-state index contributed by atoms with van der Waals surface area (Å²) < 4.78 is 3.09. The molecule has 39 heavy (non-hydrogen) atoms. The standard InChI is InChI=1S/C21H19N3O.C8H11N5O/c1-2-19-23-18-10-6-7-16(12-11-15-13-22-14-15)20(18)21(25)24(19)17-8-4-3-5-9-17;1-3-4-11-8-5(7(10)14)6(9)12-13(8)2/h3-10,15,22H,2,13-14H2,1H3;3-4H,1H2,2H3,(H2,9,12)(H2,10,14)/b;11-4-. The third-order valence-corrected chi connectivity index (χ3v) is 6.08. The summed E-state index contributed by atoms with van der Waals surface area (Å²) in [5.74, 6) is 7.35. The second-order valence-corrected chi connectivity index (χ2v) is 8.77. The van der Waals surface area contributed by atoms with Crippen LogP contribution >= 0.6 is 0 Å². The highest BCUT2D eigenvalue weighted by molar-refractivity contribution is 6.02. The monoisotopic (exact) mass is 522 g/mol. The number of anilines is 1. The van der Waals surface area contributed by atoms with E-state index in [-0.39, 0.29) is 16.9 Å². The van der Waals surface area contributed by atoms with Crippen LogP contribution in [0, 0.1) is 17.8 Å². The van der Waals surface area contributed by atoms with Crippen molar-refractivity contribution in [1.82, 2.24) is 24.6 Å². The first-order valence-electron chi connectivity index (χ1n) is 12.4. The Labute approximate surface area is 226 Å². The van der Waals surface area contributed by atoms with Gasteiger partial charge in [0.2, 0.25) is 0 Å². The van der Waals surface area contributed by atoms with E-state index in [0.717, 1.165) is 30.2 Å². The molecule has 2 aromatic heterocycles. The lowest BCUT2D eigenvalue weighted by Gasteiger charge is -2.21. The van der Waals surface area contributed by atoms with E-state index in [0.29, 0.717) is 29.1 Å². The summed E-state index contributed by atoms with van der Waals surface area (Å²) in [7, 11) is 1.62. The molecule has 1 aliphatic rings. The van der Waals surface area contributed by atoms with Crippen molar-refractivity contribution in [2.75, 3.05) is 18.8 Å². The van der Waals surface area contributed by atoms with Crippen LogP contribution in [0.25, 0.3) is 16.6 Å². The molecule has 2 aromatic carbocycles. The fraction of sp³-hybridized carbons (Fsp3) is 0.207. The number of nitrogen functional groups attached to an aromatic ring is 1. The van der Waals surface area contributed by atoms with Gasteiger partial charge in [0.1, 0.15) is 11.4 Å². The lowest BCUT2D eigenvalue weighted by Crippen LogP contribution is -2.40. The van der Waals surface area contributed by atoms with Crippen molar-refractivity contribution >= 4 is 34.7 Å². The quantitative estimate of drug-likeness (QED) is 0.271. The summed E-state index contributed by atoms with van der Waals surface area (Å²) >= 11 is 0. The second-order valence-electron chi connectivity index (χ2n) is 8.77. The van der Waals surface area contributed by atoms with E-state index in [1.165, 1.54) is 17.0 Å². The van der Waals surface area contributed by atoms with Gasteiger partial charge < -0.3 is 16.8 Å². The fourth-order valence-corrected chi connectivity index (χ4v) is 4.07. The van der Waals surface area contributed by atoms with Crippen molar-refractivity contribution in [3.63, 3.8) is 0 Å². The van der Waals surface area contributed by atoms with E-state index >= 15 is 0 Å². The number of rotatable bonds is 5. The minimum absolute atomic E-state index is 0.0512. The van der Waals surface area contributed by atoms with Crippen molar-refractivity contribution in [1.29, 1.82) is 0 Å². The summed E-state index contributed by atoms with van der Waals surface area (Å²) in [5.41, 5.74) is 13.0. The highest BCUT2D eigenvalue weighted by atomic mass is 16.1. The number of hydrogen-bond acceptors (Lipinski definition) is 7. The molecule has 0 unspecified atom stereocenters. The number of allylic oxidation sites excluding steroid dienone is 1. The zero-order chi connectivity index (χ0) is 27.9. The number of para-hydroxylation sites is 1. The van der Waals surface area contributed by atoms with E-state index in [2.05, 4.69) is 33.8 Å². The predicted molar refractivity (Wildman–Crippen MR) is 154 cm³/mol. The molecule has 0 aliphatic carbocycles. The third kappa shape index (κ3) is 5.79. The van der Waals surface area contributed by atoms with E-state index in [9.17, 15) is 9.59 Å². The molecule has 10 nitrogen and oxygen atoms in total. The summed E-state index contributed by atoms with van der Waals surface area (Å²) in [5, 5.41) is 7.64. The Morgan fingerprint density at radius 3 is 2.59 bits per heavy atom. The number of carbonyl (C=O) groups is 1. The van der Waals surface area contributed by atoms with E-state index in [1.54, 1.807) is 11.6 Å². The van der Waals surface area contributed by atoms with Crippen LogP contribution < -0.4 is 22.3 Å². The van der Waals surface area contributed by atoms with E-state index in [1.807, 2.05) is 55.5 Å². The topological polar surface area (TPSA) is 146 Å². The van der Waals surface area contributed by atoms with Crippen molar-refractivity contribution < 1.29 is 4.79 Å². The summed E-state index contributed by atoms with van der Waals surface area (Å²) in [6, 6.07) is 15.4. The van der Waals surface area contributed by atoms with Gasteiger partial charge >= 0.3 is 0 Å². The molecule has 10 heteroatoms. The number of benzene rings is 2. The average Bonchev–Trinajstić information content (AvgIpc) is 3.19. The summed E-state index contributed by atoms with van der Waals surface area (Å²) in [6.07, 6.45) is 3.60. The van der Waals surface area contributed by atoms with Crippen LogP contribution in [-0.2, 0) is 13.5 Å². The van der Waals surface area contributed by atoms with Crippen LogP contribution in [0.4, 0.5) is 11.6 Å². The maximum atomic E-state index is 13.3. The highest BCUT2D eigenvalue weighted by Crippen LogP contribution is 2.23. The Balaban J connectivity index is 0.000000215. The van der Waals surface area contributed by atoms with Gasteiger partial charge in [0.25, 0.3) is 11.5 Å². The molecule has 1 aliphatic heterocycles. The van der Waals surface area contributed by atoms with Gasteiger partial charge in [-0.05, 0) is 24.3 Å². The predicted octanol–water partition coefficient (Wildman–Crippen LogP) is 2.51. The zero-order valence-corrected chi connectivity index (χ0v) is 21.9. The molecule has 5 rings (SSSR count). The normalized spacial score (nSPS) is 12.8. The number of aromatic nitrogens is 4. The van der Waals surface area contributed by atoms with Crippen LogP contribution in [0.5, 0.6) is 0 Å². The Morgan fingerprint density at radius 1 is 1.23 bits per heavy atom. The number of fused-ring (bicyclic) bond motifs is 1. The number of aliphatic imine (C=N–C) groups is 1. The van der Waals surface area contributed by atoms with Gasteiger partial charge in [-0.15, -0.1) is 0 Å². The number of aryl methyl sites for hydroxylation is 2. The molecule has 1 saturated heterocycles. The Morgan fingerprint density at radius 2 is 1.97 bits per heavy atom. The van der Waals surface area contributed by atoms with Crippen molar-refractivity contribution in [3.8, 4) is 17.5 Å². The fourth-order valence-electron chi connectivity index (χ4n) is 4.07. The van der Waals surface area contributed by atoms with Crippen LogP contribution in [0.3, 0.4) is 0 Å². The molecular weight excluding hydrogens is 492 g/mol. The lowest BCUT2D eigenvalue weighted by molar-refractivity contribution is 0.100. The molecule has 1 fully saturated rings. The molecule has 1 amide bonds. The first kappa shape index (κ1) is 27.0. The molecular formula is C29H30N8O2. The highest BCUT2D eigenvalue weighted by Gasteiger charge is 2.18. The smallest absolute Gasteiger partial charge is 0.267 e. The number of hydrogen-bond donors (Lipinski definition) is 3. The largest absolute Gasteiger partial charge is 0.381 e. The van der Waals surface area contributed by atoms with Crippen molar-refractivity contribution in [3.05, 3.63) is 88.5 Å². The first-order chi connectivity index (χ1) is 18.8. The number of primary amides is 1. The number of carbonyl (C=O) groups excluding carboxylic acids is 1. The Bertz CT molecular complexity index is 1670. The van der Waals surface area contributed by atoms with Gasteiger partial charge in [0.05, 0.1) is 16.6 Å². The van der Waals surface area contributed by atoms with Crippen LogP contribution in [0.1, 0.15) is 28.7 Å². The Hall–Kier alpha value is -5.01. The minimum Gasteiger partial charge on any atom is -0.381 e. The SMILES string of the molecule is C=C/C=N\c1c(C(N)=O)c(N)nn1C.CCc1nc2cccc(C#CC3CNC3)c2c(=O)n1-c1ccccc1. The van der Waals surface area contributed by atoms with E-state index < -0.39 is 5.91 Å². The summed E-state index contributed by atoms with van der Waals surface area (Å²) in [4.78, 5) is 33.0. The lowest BCUT2D eigenvalue weighted by atomic mass is 10.0. The molecule has 0 atom stereocenters. The van der Waals surface area contributed by atoms with Crippen LogP contribution in [0.2, 0.25) is 0 Å². The molecule has 3 heterocycles. The van der Waals surface area contributed by atoms with Gasteiger partial charge in [0.15, 0.2) is 11.6 Å². The second kappa shape index (κ2) is 12.0. The number of nitrogens with two attached hydrogens (primary N) is 2. The molecule has 0 saturated carbocycles. The third-order valence-electron chi connectivity index (χ3n) is 6.08. The van der Waals surface area contributed by atoms with Gasteiger partial charge in [-0.1, -0.05) is 55.7 Å². The molecule has 4 aromatic rings. The van der Waals surface area contributed by atoms with Gasteiger partial charge in [-0.25, -0.2) is 14.7 Å². The number of amides is 1. The molecule has 0 bridgehead atoms. The summed E-state index contributed by atoms with van der Waals surface area (Å²) in [6.45, 7) is 7.32. The average molecular weight is 523 g/mol. The van der Waals surface area contributed by atoms with Gasteiger partial charge in [-0.2, -0.15) is 5.10 Å². The van der Waals surface area contributed by atoms with Crippen LogP contribution in [0.15, 0.2) is 71.0 Å². The first-order valence-corrected chi connectivity index (χ1v) is 12.4. The zero-order valence-electron chi connectivity index (χ0n) is 21.9. The maximum absolute atomic E-state index is 13.3. The molecule has 5 N–H and O–H groups in total. The van der Waals surface area contributed by atoms with Gasteiger partial charge in [0, 0.05) is 44.3 Å². The van der Waals surface area contributed by atoms with Crippen molar-refractivity contribution in [2.45, 2.75) is 13.3 Å². The molecule has 198 valence electrons. The van der Waals surface area contributed by atoms with Crippen molar-refractivity contribution in [2.24, 2.45) is 23.7 Å². The van der Waals surface area contributed by atoms with Gasteiger partial charge in [-0.3, -0.25) is 14.2 Å². The minimum atomic E-state index is -0.646. The Kier molecular flexibility index (Phi) is 8.33. The number of nitrogens with zero attached hydrogens (tertiary/aromatic N) is 5. The molecule has 0 radical (unpaired) electrons. The maximum Gasteiger partial charge on any atom is 0.267 e. The molecule has 0 spiro atoms.